The summed E-state index contributed by atoms with van der Waals surface area (Å²) in [4.78, 5) is 0.408. The van der Waals surface area contributed by atoms with Gasteiger partial charge in [0.15, 0.2) is 9.84 Å². The molecule has 0 radical (unpaired) electrons. The molecule has 0 aliphatic heterocycles. The average Bonchev–Trinajstić information content (AvgIpc) is 2.30. The fraction of sp³-hybridized carbons (Fsp3) is 0.571. The highest BCUT2D eigenvalue weighted by molar-refractivity contribution is 7.91. The predicted molar refractivity (Wildman–Crippen MR) is 77.1 cm³/mol. The second-order valence-electron chi connectivity index (χ2n) is 4.58. The molecule has 0 fully saturated rings. The lowest BCUT2D eigenvalue weighted by Gasteiger charge is -2.18. The van der Waals surface area contributed by atoms with Crippen LogP contribution in [0.15, 0.2) is 29.2 Å². The van der Waals surface area contributed by atoms with Crippen LogP contribution in [0.3, 0.4) is 0 Å². The van der Waals surface area contributed by atoms with Gasteiger partial charge in [0, 0.05) is 5.38 Å². The Kier molecular flexibility index (Phi) is 5.67. The molecule has 0 spiro atoms. The highest BCUT2D eigenvalue weighted by Crippen LogP contribution is 2.27. The molecular formula is C14H21ClO2S. The van der Waals surface area contributed by atoms with Crippen LogP contribution in [0, 0.1) is 0 Å². The predicted octanol–water partition coefficient (Wildman–Crippen LogP) is 3.99. The van der Waals surface area contributed by atoms with Crippen molar-refractivity contribution in [1.82, 2.24) is 0 Å². The molecule has 0 aliphatic carbocycles. The molecule has 2 nitrogen and oxygen atoms in total. The van der Waals surface area contributed by atoms with Crippen molar-refractivity contribution in [2.24, 2.45) is 0 Å². The van der Waals surface area contributed by atoms with Crippen LogP contribution < -0.4 is 0 Å². The molecule has 0 N–H and O–H groups in total. The highest BCUT2D eigenvalue weighted by atomic mass is 35.5. The largest absolute Gasteiger partial charge is 0.224 e. The Morgan fingerprint density at radius 3 is 2.11 bits per heavy atom. The normalized spacial score (nSPS) is 15.3. The van der Waals surface area contributed by atoms with Crippen molar-refractivity contribution < 1.29 is 8.42 Å². The Hall–Kier alpha value is -0.540. The SMILES string of the molecule is CCCS(=O)(=O)c1ccc(C(CC)C(C)Cl)cc1. The maximum absolute atomic E-state index is 11.9. The van der Waals surface area contributed by atoms with Crippen molar-refractivity contribution in [3.63, 3.8) is 0 Å². The zero-order valence-electron chi connectivity index (χ0n) is 11.2. The summed E-state index contributed by atoms with van der Waals surface area (Å²) in [5, 5.41) is 0.0492. The van der Waals surface area contributed by atoms with Gasteiger partial charge < -0.3 is 0 Å². The summed E-state index contributed by atoms with van der Waals surface area (Å²) < 4.78 is 23.8. The fourth-order valence-corrected chi connectivity index (χ4v) is 3.78. The fourth-order valence-electron chi connectivity index (χ4n) is 2.13. The second-order valence-corrected chi connectivity index (χ2v) is 7.38. The summed E-state index contributed by atoms with van der Waals surface area (Å²) in [5.74, 6) is 0.477. The van der Waals surface area contributed by atoms with E-state index in [1.807, 2.05) is 26.0 Å². The average molecular weight is 289 g/mol. The minimum absolute atomic E-state index is 0.0492. The Bertz CT molecular complexity index is 463. The molecule has 0 saturated carbocycles. The summed E-state index contributed by atoms with van der Waals surface area (Å²) in [5.41, 5.74) is 1.11. The van der Waals surface area contributed by atoms with Gasteiger partial charge in [-0.15, -0.1) is 11.6 Å². The third-order valence-electron chi connectivity index (χ3n) is 3.13. The van der Waals surface area contributed by atoms with E-state index in [0.29, 0.717) is 11.3 Å². The maximum Gasteiger partial charge on any atom is 0.178 e. The summed E-state index contributed by atoms with van der Waals surface area (Å²) in [7, 11) is -3.11. The Morgan fingerprint density at radius 1 is 1.17 bits per heavy atom. The van der Waals surface area contributed by atoms with E-state index in [1.165, 1.54) is 0 Å². The van der Waals surface area contributed by atoms with Gasteiger partial charge in [-0.25, -0.2) is 8.42 Å². The first-order valence-corrected chi connectivity index (χ1v) is 8.48. The molecule has 18 heavy (non-hydrogen) atoms. The van der Waals surface area contributed by atoms with E-state index < -0.39 is 9.84 Å². The molecule has 4 heteroatoms. The number of alkyl halides is 1. The maximum atomic E-state index is 11.9. The second kappa shape index (κ2) is 6.58. The van der Waals surface area contributed by atoms with Gasteiger partial charge in [-0.2, -0.15) is 0 Å². The third kappa shape index (κ3) is 3.72. The molecule has 0 amide bonds. The number of hydrogen-bond donors (Lipinski definition) is 0. The van der Waals surface area contributed by atoms with Crippen molar-refractivity contribution in [1.29, 1.82) is 0 Å². The van der Waals surface area contributed by atoms with Crippen LogP contribution >= 0.6 is 11.6 Å². The number of benzene rings is 1. The number of halogens is 1. The number of rotatable bonds is 6. The van der Waals surface area contributed by atoms with Gasteiger partial charge >= 0.3 is 0 Å². The summed E-state index contributed by atoms with van der Waals surface area (Å²) in [6, 6.07) is 7.16. The molecule has 0 saturated heterocycles. The van der Waals surface area contributed by atoms with E-state index in [4.69, 9.17) is 11.6 Å². The van der Waals surface area contributed by atoms with Crippen molar-refractivity contribution in [3.8, 4) is 0 Å². The van der Waals surface area contributed by atoms with Crippen LogP contribution in [0.1, 0.15) is 45.1 Å². The smallest absolute Gasteiger partial charge is 0.178 e. The lowest BCUT2D eigenvalue weighted by molar-refractivity contribution is 0.594. The van der Waals surface area contributed by atoms with Gasteiger partial charge in [-0.3, -0.25) is 0 Å². The van der Waals surface area contributed by atoms with Gasteiger partial charge in [0.05, 0.1) is 10.6 Å². The number of sulfone groups is 1. The third-order valence-corrected chi connectivity index (χ3v) is 5.37. The first-order chi connectivity index (χ1) is 8.42. The molecule has 0 bridgehead atoms. The van der Waals surface area contributed by atoms with Crippen molar-refractivity contribution in [3.05, 3.63) is 29.8 Å². The minimum Gasteiger partial charge on any atom is -0.224 e. The quantitative estimate of drug-likeness (QED) is 0.742. The Labute approximate surface area is 115 Å². The first-order valence-electron chi connectivity index (χ1n) is 6.39. The van der Waals surface area contributed by atoms with E-state index in [-0.39, 0.29) is 17.0 Å². The zero-order chi connectivity index (χ0) is 13.8. The first kappa shape index (κ1) is 15.5. The number of hydrogen-bond acceptors (Lipinski definition) is 2. The molecule has 1 aromatic rings. The standard InChI is InChI=1S/C14H21ClO2S/c1-4-10-18(16,17)13-8-6-12(7-9-13)14(5-2)11(3)15/h6-9,11,14H,4-5,10H2,1-3H3. The highest BCUT2D eigenvalue weighted by Gasteiger charge is 2.17. The van der Waals surface area contributed by atoms with Crippen molar-refractivity contribution in [2.75, 3.05) is 5.75 Å². The zero-order valence-corrected chi connectivity index (χ0v) is 12.8. The van der Waals surface area contributed by atoms with Gasteiger partial charge in [-0.05, 0) is 43.4 Å². The molecule has 102 valence electrons. The summed E-state index contributed by atoms with van der Waals surface area (Å²) in [6.07, 6.45) is 1.59. The molecule has 1 aromatic carbocycles. The van der Waals surface area contributed by atoms with E-state index in [9.17, 15) is 8.42 Å². The molecule has 0 aromatic heterocycles. The topological polar surface area (TPSA) is 34.1 Å². The van der Waals surface area contributed by atoms with E-state index in [1.54, 1.807) is 12.1 Å². The Balaban J connectivity index is 2.99. The van der Waals surface area contributed by atoms with Gasteiger partial charge in [0.2, 0.25) is 0 Å². The monoisotopic (exact) mass is 288 g/mol. The van der Waals surface area contributed by atoms with Gasteiger partial charge in [-0.1, -0.05) is 26.0 Å². The molecule has 1 rings (SSSR count). The molecule has 0 aliphatic rings. The van der Waals surface area contributed by atoms with Crippen LogP contribution in [0.2, 0.25) is 0 Å². The van der Waals surface area contributed by atoms with Crippen LogP contribution in [0.25, 0.3) is 0 Å². The van der Waals surface area contributed by atoms with Crippen LogP contribution in [0.5, 0.6) is 0 Å². The van der Waals surface area contributed by atoms with Crippen LogP contribution in [-0.2, 0) is 9.84 Å². The van der Waals surface area contributed by atoms with Crippen LogP contribution in [0.4, 0.5) is 0 Å². The molecule has 2 atom stereocenters. The molecule has 0 heterocycles. The minimum atomic E-state index is -3.11. The molecule has 2 unspecified atom stereocenters. The van der Waals surface area contributed by atoms with Crippen LogP contribution in [-0.4, -0.2) is 19.5 Å². The summed E-state index contributed by atoms with van der Waals surface area (Å²) >= 11 is 6.14. The van der Waals surface area contributed by atoms with E-state index in [0.717, 1.165) is 12.0 Å². The van der Waals surface area contributed by atoms with Crippen molar-refractivity contribution >= 4 is 21.4 Å². The van der Waals surface area contributed by atoms with Gasteiger partial charge in [0.25, 0.3) is 0 Å². The lowest BCUT2D eigenvalue weighted by Crippen LogP contribution is -2.09. The lowest BCUT2D eigenvalue weighted by atomic mass is 9.94. The van der Waals surface area contributed by atoms with E-state index in [2.05, 4.69) is 6.92 Å². The molecular weight excluding hydrogens is 268 g/mol. The summed E-state index contributed by atoms with van der Waals surface area (Å²) in [6.45, 7) is 5.93. The van der Waals surface area contributed by atoms with Gasteiger partial charge in [0.1, 0.15) is 0 Å². The van der Waals surface area contributed by atoms with E-state index >= 15 is 0 Å². The Morgan fingerprint density at radius 2 is 1.72 bits per heavy atom. The van der Waals surface area contributed by atoms with Crippen molar-refractivity contribution in [2.45, 2.75) is 49.8 Å².